The first kappa shape index (κ1) is 37.1. The number of benzene rings is 2. The van der Waals surface area contributed by atoms with Crippen molar-refractivity contribution in [2.45, 2.75) is 50.0 Å². The number of hydrogen-bond acceptors (Lipinski definition) is 10. The van der Waals surface area contributed by atoms with Crippen molar-refractivity contribution < 1.29 is 31.1 Å². The van der Waals surface area contributed by atoms with Gasteiger partial charge in [0.15, 0.2) is 12.4 Å². The summed E-state index contributed by atoms with van der Waals surface area (Å²) in [5.74, 6) is 0.914. The van der Waals surface area contributed by atoms with Gasteiger partial charge in [0.25, 0.3) is 0 Å². The molecule has 6 heterocycles. The number of nitrogens with one attached hydrogen (secondary N) is 1. The SMILES string of the molecule is C=CC(=O)N1CC2(CCN(c3nc(N4CC(S(=O)(=O)N5CCN(C)CC5)C4)nc4c(OCC(F)(F)F)c(-c5c(C)ccc6[nH]ncc56)c(C5CC5)cc34)CC2)C1. The summed E-state index contributed by atoms with van der Waals surface area (Å²) in [7, 11) is -1.61. The Bertz CT molecular complexity index is 2320. The third-order valence-electron chi connectivity index (χ3n) is 12.5. The first-order chi connectivity index (χ1) is 26.7. The number of likely N-dealkylation sites (N-methyl/N-ethyl adjacent to an activating group) is 1. The number of fused-ring (bicyclic) bond motifs is 2. The minimum atomic E-state index is -4.62. The Morgan fingerprint density at radius 2 is 1.73 bits per heavy atom. The molecule has 2 aromatic heterocycles. The molecule has 0 radical (unpaired) electrons. The Balaban J connectivity index is 1.17. The molecule has 1 spiro atoms. The number of alkyl halides is 3. The van der Waals surface area contributed by atoms with Crippen molar-refractivity contribution in [1.29, 1.82) is 0 Å². The first-order valence-electron chi connectivity index (χ1n) is 19.3. The van der Waals surface area contributed by atoms with E-state index in [1.807, 2.05) is 26.1 Å². The summed E-state index contributed by atoms with van der Waals surface area (Å²) in [5.41, 5.74) is 4.04. The maximum absolute atomic E-state index is 14.1. The lowest BCUT2D eigenvalue weighted by molar-refractivity contribution is -0.153. The van der Waals surface area contributed by atoms with Crippen LogP contribution in [-0.2, 0) is 14.8 Å². The van der Waals surface area contributed by atoms with Crippen LogP contribution in [-0.4, -0.2) is 139 Å². The van der Waals surface area contributed by atoms with Crippen LogP contribution in [0.1, 0.15) is 42.7 Å². The molecule has 1 N–H and O–H groups in total. The van der Waals surface area contributed by atoms with Crippen molar-refractivity contribution in [2.75, 3.05) is 88.9 Å². The summed E-state index contributed by atoms with van der Waals surface area (Å²) in [6, 6.07) is 5.88. The lowest BCUT2D eigenvalue weighted by Crippen LogP contribution is -2.61. The van der Waals surface area contributed by atoms with Crippen molar-refractivity contribution in [3.05, 3.63) is 48.2 Å². The second-order valence-electron chi connectivity index (χ2n) is 16.3. The first-order valence-corrected chi connectivity index (χ1v) is 20.8. The standard InChI is InChI=1S/C39H46F3N9O4S/c1-4-31(52)50-21-38(22-50)9-11-48(12-10-38)36-28-17-27(25-6-7-25)33(32-24(2)5-8-30-29(32)18-43-46-30)35(55-23-39(40,41)42)34(28)44-37(45-36)49-19-26(20-49)56(53,54)51-15-13-47(3)14-16-51/h4-5,8,17-18,25-26H,1,6-7,9-16,19-23H2,2-3H3,(H,43,46). The molecule has 13 nitrogen and oxygen atoms in total. The Morgan fingerprint density at radius 1 is 1.02 bits per heavy atom. The van der Waals surface area contributed by atoms with Crippen LogP contribution < -0.4 is 14.5 Å². The predicted molar refractivity (Wildman–Crippen MR) is 208 cm³/mol. The number of aromatic nitrogens is 4. The van der Waals surface area contributed by atoms with Crippen molar-refractivity contribution in [1.82, 2.24) is 34.3 Å². The third kappa shape index (κ3) is 6.54. The van der Waals surface area contributed by atoms with Crippen LogP contribution in [0.2, 0.25) is 0 Å². The number of aryl methyl sites for hydroxylation is 1. The maximum Gasteiger partial charge on any atom is 0.422 e. The van der Waals surface area contributed by atoms with E-state index in [-0.39, 0.29) is 47.5 Å². The van der Waals surface area contributed by atoms with Gasteiger partial charge in [0.1, 0.15) is 16.6 Å². The maximum atomic E-state index is 14.1. The second kappa shape index (κ2) is 13.6. The highest BCUT2D eigenvalue weighted by Gasteiger charge is 2.47. The van der Waals surface area contributed by atoms with Gasteiger partial charge in [-0.3, -0.25) is 9.89 Å². The summed E-state index contributed by atoms with van der Waals surface area (Å²) in [6.07, 6.45) is 1.78. The summed E-state index contributed by atoms with van der Waals surface area (Å²) in [4.78, 5) is 30.3. The molecule has 4 aromatic rings. The zero-order chi connectivity index (χ0) is 39.1. The van der Waals surface area contributed by atoms with Crippen molar-refractivity contribution >= 4 is 49.5 Å². The van der Waals surface area contributed by atoms with Crippen LogP contribution in [0, 0.1) is 12.3 Å². The molecule has 9 rings (SSSR count). The molecule has 1 saturated carbocycles. The third-order valence-corrected chi connectivity index (χ3v) is 14.7. The summed E-state index contributed by atoms with van der Waals surface area (Å²) < 4.78 is 77.2. The number of halogens is 3. The number of carbonyl (C=O) groups is 1. The molecule has 2 aromatic carbocycles. The normalized spacial score (nSPS) is 21.1. The van der Waals surface area contributed by atoms with Gasteiger partial charge in [-0.2, -0.15) is 27.6 Å². The van der Waals surface area contributed by atoms with E-state index in [0.29, 0.717) is 69.1 Å². The van der Waals surface area contributed by atoms with Gasteiger partial charge >= 0.3 is 6.18 Å². The van der Waals surface area contributed by atoms with Gasteiger partial charge in [0.2, 0.25) is 21.9 Å². The van der Waals surface area contributed by atoms with E-state index in [1.165, 1.54) is 6.08 Å². The fraction of sp³-hybridized carbons (Fsp3) is 0.538. The lowest BCUT2D eigenvalue weighted by atomic mass is 9.72. The highest BCUT2D eigenvalue weighted by atomic mass is 32.2. The zero-order valence-electron chi connectivity index (χ0n) is 31.6. The smallest absolute Gasteiger partial charge is 0.422 e. The van der Waals surface area contributed by atoms with Gasteiger partial charge < -0.3 is 24.3 Å². The van der Waals surface area contributed by atoms with Crippen molar-refractivity contribution in [2.24, 2.45) is 5.41 Å². The number of piperidine rings is 1. The van der Waals surface area contributed by atoms with Crippen molar-refractivity contribution in [3.63, 3.8) is 0 Å². The van der Waals surface area contributed by atoms with Crippen LogP contribution in [0.5, 0.6) is 5.75 Å². The van der Waals surface area contributed by atoms with E-state index in [4.69, 9.17) is 14.7 Å². The van der Waals surface area contributed by atoms with E-state index in [1.54, 1.807) is 20.3 Å². The average molecular weight is 794 g/mol. The Labute approximate surface area is 323 Å². The Morgan fingerprint density at radius 3 is 2.39 bits per heavy atom. The van der Waals surface area contributed by atoms with Gasteiger partial charge in [-0.1, -0.05) is 12.6 Å². The number of rotatable bonds is 9. The number of nitrogens with zero attached hydrogens (tertiary/aromatic N) is 8. The number of hydrogen-bond donors (Lipinski definition) is 1. The molecule has 4 saturated heterocycles. The number of aromatic amines is 1. The molecular formula is C39H46F3N9O4S. The van der Waals surface area contributed by atoms with Gasteiger partial charge in [0, 0.05) is 87.2 Å². The number of likely N-dealkylation sites (tertiary alicyclic amines) is 1. The van der Waals surface area contributed by atoms with Crippen LogP contribution >= 0.6 is 0 Å². The Kier molecular flexibility index (Phi) is 9.00. The van der Waals surface area contributed by atoms with Gasteiger partial charge in [-0.05, 0) is 80.5 Å². The lowest BCUT2D eigenvalue weighted by Gasteiger charge is -2.54. The number of sulfonamides is 1. The highest BCUT2D eigenvalue weighted by Crippen LogP contribution is 2.53. The number of H-pyrrole nitrogens is 1. The molecule has 0 bridgehead atoms. The van der Waals surface area contributed by atoms with Crippen LogP contribution in [0.4, 0.5) is 24.9 Å². The van der Waals surface area contributed by atoms with Gasteiger partial charge in [-0.15, -0.1) is 0 Å². The van der Waals surface area contributed by atoms with Crippen LogP contribution in [0.15, 0.2) is 37.1 Å². The number of anilines is 2. The molecule has 0 unspecified atom stereocenters. The van der Waals surface area contributed by atoms with E-state index in [2.05, 4.69) is 32.6 Å². The molecular weight excluding hydrogens is 748 g/mol. The molecule has 4 aliphatic heterocycles. The molecule has 5 fully saturated rings. The van der Waals surface area contributed by atoms with E-state index >= 15 is 0 Å². The van der Waals surface area contributed by atoms with E-state index in [0.717, 1.165) is 53.3 Å². The minimum absolute atomic E-state index is 0.0166. The zero-order valence-corrected chi connectivity index (χ0v) is 32.4. The molecule has 1 aliphatic carbocycles. The topological polar surface area (TPSA) is 131 Å². The quantitative estimate of drug-likeness (QED) is 0.239. The fourth-order valence-electron chi connectivity index (χ4n) is 8.94. The molecule has 5 aliphatic rings. The summed E-state index contributed by atoms with van der Waals surface area (Å²) >= 11 is 0. The molecule has 1 amide bonds. The molecule has 56 heavy (non-hydrogen) atoms. The van der Waals surface area contributed by atoms with Crippen molar-refractivity contribution in [3.8, 4) is 16.9 Å². The van der Waals surface area contributed by atoms with E-state index < -0.39 is 28.1 Å². The molecule has 0 atom stereocenters. The highest BCUT2D eigenvalue weighted by molar-refractivity contribution is 7.89. The monoisotopic (exact) mass is 793 g/mol. The van der Waals surface area contributed by atoms with Crippen LogP contribution in [0.3, 0.4) is 0 Å². The number of piperazine rings is 1. The summed E-state index contributed by atoms with van der Waals surface area (Å²) in [6.45, 7) is 9.08. The second-order valence-corrected chi connectivity index (χ2v) is 18.6. The Hall–Kier alpha value is -4.48. The van der Waals surface area contributed by atoms with Crippen LogP contribution in [0.25, 0.3) is 32.9 Å². The fourth-order valence-corrected chi connectivity index (χ4v) is 10.8. The van der Waals surface area contributed by atoms with E-state index in [9.17, 15) is 26.4 Å². The largest absolute Gasteiger partial charge is 0.481 e. The van der Waals surface area contributed by atoms with Gasteiger partial charge in [0.05, 0.1) is 11.7 Å². The average Bonchev–Trinajstić information content (AvgIpc) is 3.87. The summed E-state index contributed by atoms with van der Waals surface area (Å²) in [5, 5.41) is 7.99. The predicted octanol–water partition coefficient (Wildman–Crippen LogP) is 4.68. The molecule has 298 valence electrons. The number of amides is 1. The number of ether oxygens (including phenoxy) is 1. The number of carbonyl (C=O) groups excluding carboxylic acids is 1. The minimum Gasteiger partial charge on any atom is -0.481 e. The molecule has 17 heteroatoms. The van der Waals surface area contributed by atoms with Gasteiger partial charge in [-0.25, -0.2) is 13.4 Å².